The summed E-state index contributed by atoms with van der Waals surface area (Å²) in [6, 6.07) is 0.448. The molecule has 0 amide bonds. The van der Waals surface area contributed by atoms with Crippen molar-refractivity contribution in [1.29, 1.82) is 0 Å². The maximum absolute atomic E-state index is 5.16. The Kier molecular flexibility index (Phi) is 5.73. The average molecular weight is 228 g/mol. The molecule has 1 atom stereocenters. The Balaban J connectivity index is 2.44. The van der Waals surface area contributed by atoms with E-state index in [9.17, 15) is 0 Å². The maximum Gasteiger partial charge on any atom is 0.0613 e. The average Bonchev–Trinajstić information content (AvgIpc) is 2.28. The Hall–Kier alpha value is -0.120. The van der Waals surface area contributed by atoms with Gasteiger partial charge < -0.3 is 15.0 Å². The SMILES string of the molecule is COCC(C)NCC1(N(C)C)CCCCC1. The minimum Gasteiger partial charge on any atom is -0.383 e. The third kappa shape index (κ3) is 3.72. The van der Waals surface area contributed by atoms with Crippen LogP contribution in [0.3, 0.4) is 0 Å². The van der Waals surface area contributed by atoms with Crippen molar-refractivity contribution in [2.45, 2.75) is 50.6 Å². The van der Waals surface area contributed by atoms with Gasteiger partial charge in [0.25, 0.3) is 0 Å². The van der Waals surface area contributed by atoms with Gasteiger partial charge in [0, 0.05) is 25.2 Å². The van der Waals surface area contributed by atoms with Gasteiger partial charge in [-0.3, -0.25) is 0 Å². The van der Waals surface area contributed by atoms with Crippen LogP contribution in [0, 0.1) is 0 Å². The van der Waals surface area contributed by atoms with Crippen LogP contribution in [0.25, 0.3) is 0 Å². The van der Waals surface area contributed by atoms with Crippen LogP contribution in [0.4, 0.5) is 0 Å². The summed E-state index contributed by atoms with van der Waals surface area (Å²) in [4.78, 5) is 2.42. The molecule has 3 heteroatoms. The molecule has 0 heterocycles. The van der Waals surface area contributed by atoms with Crippen molar-refractivity contribution in [3.8, 4) is 0 Å². The Labute approximate surface area is 101 Å². The summed E-state index contributed by atoms with van der Waals surface area (Å²) in [5, 5.41) is 3.61. The fraction of sp³-hybridized carbons (Fsp3) is 1.00. The lowest BCUT2D eigenvalue weighted by atomic mass is 9.80. The van der Waals surface area contributed by atoms with Gasteiger partial charge in [-0.15, -0.1) is 0 Å². The van der Waals surface area contributed by atoms with E-state index in [2.05, 4.69) is 31.2 Å². The minimum atomic E-state index is 0.375. The second-order valence-electron chi connectivity index (χ2n) is 5.42. The maximum atomic E-state index is 5.16. The molecule has 1 unspecified atom stereocenters. The summed E-state index contributed by atoms with van der Waals surface area (Å²) in [5.41, 5.74) is 0.375. The molecule has 0 aromatic carbocycles. The summed E-state index contributed by atoms with van der Waals surface area (Å²) < 4.78 is 5.16. The first-order valence-corrected chi connectivity index (χ1v) is 6.50. The van der Waals surface area contributed by atoms with E-state index >= 15 is 0 Å². The lowest BCUT2D eigenvalue weighted by Crippen LogP contribution is -2.54. The lowest BCUT2D eigenvalue weighted by molar-refractivity contribution is 0.0884. The van der Waals surface area contributed by atoms with Crippen LogP contribution in [-0.2, 0) is 4.74 Å². The van der Waals surface area contributed by atoms with Gasteiger partial charge in [0.1, 0.15) is 0 Å². The predicted molar refractivity (Wildman–Crippen MR) is 68.8 cm³/mol. The first kappa shape index (κ1) is 13.9. The van der Waals surface area contributed by atoms with Gasteiger partial charge in [-0.2, -0.15) is 0 Å². The molecule has 1 N–H and O–H groups in total. The van der Waals surface area contributed by atoms with Crippen LogP contribution < -0.4 is 5.32 Å². The largest absolute Gasteiger partial charge is 0.383 e. The zero-order chi connectivity index (χ0) is 12.0. The fourth-order valence-corrected chi connectivity index (χ4v) is 2.67. The van der Waals surface area contributed by atoms with Crippen LogP contribution in [0.15, 0.2) is 0 Å². The quantitative estimate of drug-likeness (QED) is 0.751. The van der Waals surface area contributed by atoms with Crippen LogP contribution in [-0.4, -0.2) is 50.8 Å². The molecule has 96 valence electrons. The zero-order valence-electron chi connectivity index (χ0n) is 11.4. The van der Waals surface area contributed by atoms with E-state index in [0.29, 0.717) is 11.6 Å². The summed E-state index contributed by atoms with van der Waals surface area (Å²) in [6.45, 7) is 4.07. The van der Waals surface area contributed by atoms with E-state index in [1.165, 1.54) is 32.1 Å². The predicted octanol–water partition coefficient (Wildman–Crippen LogP) is 1.88. The molecule has 3 nitrogen and oxygen atoms in total. The van der Waals surface area contributed by atoms with Gasteiger partial charge in [0.15, 0.2) is 0 Å². The normalized spacial score (nSPS) is 22.3. The Bertz CT molecular complexity index is 188. The van der Waals surface area contributed by atoms with E-state index in [0.717, 1.165) is 13.2 Å². The molecule has 16 heavy (non-hydrogen) atoms. The van der Waals surface area contributed by atoms with Crippen LogP contribution in [0.5, 0.6) is 0 Å². The lowest BCUT2D eigenvalue weighted by Gasteiger charge is -2.43. The first-order valence-electron chi connectivity index (χ1n) is 6.50. The molecule has 1 fully saturated rings. The highest BCUT2D eigenvalue weighted by atomic mass is 16.5. The number of likely N-dealkylation sites (N-methyl/N-ethyl adjacent to an activating group) is 1. The number of nitrogens with one attached hydrogen (secondary N) is 1. The monoisotopic (exact) mass is 228 g/mol. The van der Waals surface area contributed by atoms with Crippen molar-refractivity contribution in [2.75, 3.05) is 34.4 Å². The molecule has 0 saturated heterocycles. The molecule has 1 saturated carbocycles. The molecule has 1 rings (SSSR count). The third-order valence-electron chi connectivity index (χ3n) is 3.93. The number of hydrogen-bond donors (Lipinski definition) is 1. The van der Waals surface area contributed by atoms with Crippen molar-refractivity contribution in [2.24, 2.45) is 0 Å². The van der Waals surface area contributed by atoms with Crippen molar-refractivity contribution in [1.82, 2.24) is 10.2 Å². The second-order valence-corrected chi connectivity index (χ2v) is 5.42. The highest BCUT2D eigenvalue weighted by Gasteiger charge is 2.33. The molecule has 0 radical (unpaired) electrons. The number of ether oxygens (including phenoxy) is 1. The first-order chi connectivity index (χ1) is 7.60. The highest BCUT2D eigenvalue weighted by Crippen LogP contribution is 2.31. The van der Waals surface area contributed by atoms with Crippen molar-refractivity contribution in [3.63, 3.8) is 0 Å². The van der Waals surface area contributed by atoms with E-state index in [1.54, 1.807) is 7.11 Å². The zero-order valence-corrected chi connectivity index (χ0v) is 11.4. The Morgan fingerprint density at radius 2 is 1.88 bits per heavy atom. The van der Waals surface area contributed by atoms with Gasteiger partial charge in [-0.25, -0.2) is 0 Å². The molecular formula is C13H28N2O. The summed E-state index contributed by atoms with van der Waals surface area (Å²) in [6.07, 6.45) is 6.81. The molecule has 0 aliphatic heterocycles. The number of nitrogens with zero attached hydrogens (tertiary/aromatic N) is 1. The van der Waals surface area contributed by atoms with Crippen molar-refractivity contribution in [3.05, 3.63) is 0 Å². The van der Waals surface area contributed by atoms with Gasteiger partial charge in [-0.05, 0) is 33.9 Å². The molecule has 0 aromatic rings. The van der Waals surface area contributed by atoms with E-state index in [4.69, 9.17) is 4.74 Å². The Morgan fingerprint density at radius 1 is 1.25 bits per heavy atom. The van der Waals surface area contributed by atoms with Crippen LogP contribution >= 0.6 is 0 Å². The van der Waals surface area contributed by atoms with Crippen LogP contribution in [0.1, 0.15) is 39.0 Å². The van der Waals surface area contributed by atoms with Gasteiger partial charge >= 0.3 is 0 Å². The summed E-state index contributed by atoms with van der Waals surface area (Å²) in [7, 11) is 6.20. The van der Waals surface area contributed by atoms with E-state index < -0.39 is 0 Å². The molecule has 0 bridgehead atoms. The van der Waals surface area contributed by atoms with E-state index in [1.807, 2.05) is 0 Å². The fourth-order valence-electron chi connectivity index (χ4n) is 2.67. The Morgan fingerprint density at radius 3 is 2.38 bits per heavy atom. The molecule has 1 aliphatic carbocycles. The number of methoxy groups -OCH3 is 1. The number of hydrogen-bond acceptors (Lipinski definition) is 3. The minimum absolute atomic E-state index is 0.375. The van der Waals surface area contributed by atoms with Gasteiger partial charge in [-0.1, -0.05) is 19.3 Å². The number of rotatable bonds is 6. The van der Waals surface area contributed by atoms with Crippen molar-refractivity contribution < 1.29 is 4.74 Å². The van der Waals surface area contributed by atoms with Crippen LogP contribution in [0.2, 0.25) is 0 Å². The van der Waals surface area contributed by atoms with Gasteiger partial charge in [0.05, 0.1) is 6.61 Å². The molecule has 1 aliphatic rings. The summed E-state index contributed by atoms with van der Waals surface area (Å²) in [5.74, 6) is 0. The molecule has 0 spiro atoms. The van der Waals surface area contributed by atoms with Gasteiger partial charge in [0.2, 0.25) is 0 Å². The smallest absolute Gasteiger partial charge is 0.0613 e. The standard InChI is InChI=1S/C13H28N2O/c1-12(10-16-4)14-11-13(15(2)3)8-6-5-7-9-13/h12,14H,5-11H2,1-4H3. The summed E-state index contributed by atoms with van der Waals surface area (Å²) >= 11 is 0. The topological polar surface area (TPSA) is 24.5 Å². The third-order valence-corrected chi connectivity index (χ3v) is 3.93. The van der Waals surface area contributed by atoms with Crippen molar-refractivity contribution >= 4 is 0 Å². The molecular weight excluding hydrogens is 200 g/mol. The molecule has 0 aromatic heterocycles. The highest BCUT2D eigenvalue weighted by molar-refractivity contribution is 4.93. The van der Waals surface area contributed by atoms with E-state index in [-0.39, 0.29) is 0 Å². The second kappa shape index (κ2) is 6.58.